The summed E-state index contributed by atoms with van der Waals surface area (Å²) in [6.45, 7) is 4.07. The van der Waals surface area contributed by atoms with Gasteiger partial charge in [0.1, 0.15) is 0 Å². The highest BCUT2D eigenvalue weighted by Gasteiger charge is 2.12. The number of carbonyl (C=O) groups is 1. The molecule has 0 fully saturated rings. The molecule has 1 rings (SSSR count). The molecule has 0 aliphatic heterocycles. The van der Waals surface area contributed by atoms with Crippen LogP contribution in [0.5, 0.6) is 0 Å². The average Bonchev–Trinajstić information content (AvgIpc) is 2.44. The van der Waals surface area contributed by atoms with Crippen LogP contribution in [0, 0.1) is 0 Å². The van der Waals surface area contributed by atoms with Crippen LogP contribution in [0.4, 0.5) is 0 Å². The molecule has 1 atom stereocenters. The highest BCUT2D eigenvalue weighted by atomic mass is 32.2. The fourth-order valence-corrected chi connectivity index (χ4v) is 2.31. The first-order chi connectivity index (χ1) is 8.90. The first kappa shape index (κ1) is 15.7. The third kappa shape index (κ3) is 4.33. The maximum atomic E-state index is 11.8. The van der Waals surface area contributed by atoms with Crippen LogP contribution in [0.3, 0.4) is 0 Å². The molecule has 0 bridgehead atoms. The van der Waals surface area contributed by atoms with Crippen molar-refractivity contribution in [3.8, 4) is 0 Å². The van der Waals surface area contributed by atoms with Crippen LogP contribution in [0.15, 0.2) is 29.2 Å². The Morgan fingerprint density at radius 2 is 1.84 bits per heavy atom. The number of amides is 1. The predicted molar refractivity (Wildman–Crippen MR) is 75.0 cm³/mol. The lowest BCUT2D eigenvalue weighted by Crippen LogP contribution is -2.37. The highest BCUT2D eigenvalue weighted by Crippen LogP contribution is 2.12. The van der Waals surface area contributed by atoms with Gasteiger partial charge in [-0.25, -0.2) is 8.42 Å². The van der Waals surface area contributed by atoms with Crippen molar-refractivity contribution in [2.75, 3.05) is 19.3 Å². The van der Waals surface area contributed by atoms with E-state index < -0.39 is 9.84 Å². The number of hydrogen-bond donors (Lipinski definition) is 2. The smallest absolute Gasteiger partial charge is 0.251 e. The summed E-state index contributed by atoms with van der Waals surface area (Å²) in [5.74, 6) is -0.152. The van der Waals surface area contributed by atoms with Crippen molar-refractivity contribution in [1.29, 1.82) is 0 Å². The highest BCUT2D eigenvalue weighted by molar-refractivity contribution is 7.91. The van der Waals surface area contributed by atoms with Gasteiger partial charge in [-0.3, -0.25) is 4.79 Å². The molecule has 0 saturated carbocycles. The number of likely N-dealkylation sites (N-methyl/N-ethyl adjacent to an activating group) is 1. The lowest BCUT2D eigenvalue weighted by molar-refractivity contribution is 0.0950. The van der Waals surface area contributed by atoms with Crippen molar-refractivity contribution in [2.45, 2.75) is 24.8 Å². The molecule has 0 heterocycles. The van der Waals surface area contributed by atoms with Crippen LogP contribution in [-0.2, 0) is 9.84 Å². The second-order valence-electron chi connectivity index (χ2n) is 4.33. The third-order valence-electron chi connectivity index (χ3n) is 2.92. The number of rotatable bonds is 6. The summed E-state index contributed by atoms with van der Waals surface area (Å²) in [6.07, 6.45) is 0. The zero-order valence-corrected chi connectivity index (χ0v) is 12.3. The summed E-state index contributed by atoms with van der Waals surface area (Å²) >= 11 is 0. The molecule has 0 radical (unpaired) electrons. The minimum atomic E-state index is -3.21. The molecule has 106 valence electrons. The quantitative estimate of drug-likeness (QED) is 0.811. The second kappa shape index (κ2) is 6.68. The van der Waals surface area contributed by atoms with Crippen molar-refractivity contribution in [3.63, 3.8) is 0 Å². The van der Waals surface area contributed by atoms with Crippen molar-refractivity contribution in [1.82, 2.24) is 10.6 Å². The molecule has 0 aromatic heterocycles. The Hall–Kier alpha value is -1.40. The minimum Gasteiger partial charge on any atom is -0.350 e. The van der Waals surface area contributed by atoms with Gasteiger partial charge in [0, 0.05) is 18.2 Å². The minimum absolute atomic E-state index is 0.0538. The Labute approximate surface area is 114 Å². The van der Waals surface area contributed by atoms with E-state index in [2.05, 4.69) is 10.6 Å². The van der Waals surface area contributed by atoms with Gasteiger partial charge in [-0.1, -0.05) is 6.92 Å². The monoisotopic (exact) mass is 284 g/mol. The molecule has 2 N–H and O–H groups in total. The van der Waals surface area contributed by atoms with E-state index in [-0.39, 0.29) is 22.6 Å². The van der Waals surface area contributed by atoms with Gasteiger partial charge in [0.05, 0.1) is 10.6 Å². The van der Waals surface area contributed by atoms with Gasteiger partial charge in [-0.2, -0.15) is 0 Å². The summed E-state index contributed by atoms with van der Waals surface area (Å²) in [7, 11) is -1.39. The van der Waals surface area contributed by atoms with Crippen LogP contribution in [-0.4, -0.2) is 39.7 Å². The van der Waals surface area contributed by atoms with E-state index in [1.807, 2.05) is 14.0 Å². The fraction of sp³-hybridized carbons (Fsp3) is 0.462. The van der Waals surface area contributed by atoms with Gasteiger partial charge in [-0.15, -0.1) is 0 Å². The topological polar surface area (TPSA) is 75.3 Å². The Morgan fingerprint density at radius 3 is 2.32 bits per heavy atom. The van der Waals surface area contributed by atoms with Crippen LogP contribution in [0.2, 0.25) is 0 Å². The van der Waals surface area contributed by atoms with Crippen LogP contribution >= 0.6 is 0 Å². The fourth-order valence-electron chi connectivity index (χ4n) is 1.43. The average molecular weight is 284 g/mol. The Balaban J connectivity index is 2.74. The van der Waals surface area contributed by atoms with Crippen molar-refractivity contribution in [2.24, 2.45) is 0 Å². The predicted octanol–water partition coefficient (Wildman–Crippen LogP) is 0.818. The Bertz CT molecular complexity index is 523. The molecule has 1 amide bonds. The summed E-state index contributed by atoms with van der Waals surface area (Å²) in [4.78, 5) is 12.1. The summed E-state index contributed by atoms with van der Waals surface area (Å²) in [5.41, 5.74) is 0.457. The second-order valence-corrected chi connectivity index (χ2v) is 6.61. The Kier molecular flexibility index (Phi) is 5.50. The van der Waals surface area contributed by atoms with E-state index in [1.54, 1.807) is 6.92 Å². The molecule has 1 aromatic rings. The SMILES string of the molecule is CCS(=O)(=O)c1ccc(C(=O)NCC(C)NC)cc1. The van der Waals surface area contributed by atoms with E-state index in [0.717, 1.165) is 0 Å². The zero-order valence-electron chi connectivity index (χ0n) is 11.4. The number of carbonyl (C=O) groups excluding carboxylic acids is 1. The third-order valence-corrected chi connectivity index (χ3v) is 4.67. The van der Waals surface area contributed by atoms with E-state index in [9.17, 15) is 13.2 Å². The molecule has 5 nitrogen and oxygen atoms in total. The molecule has 19 heavy (non-hydrogen) atoms. The van der Waals surface area contributed by atoms with E-state index in [4.69, 9.17) is 0 Å². The summed E-state index contributed by atoms with van der Waals surface area (Å²) in [6, 6.07) is 6.18. The van der Waals surface area contributed by atoms with Gasteiger partial charge >= 0.3 is 0 Å². The number of benzene rings is 1. The van der Waals surface area contributed by atoms with Gasteiger partial charge in [0.25, 0.3) is 5.91 Å². The molecule has 6 heteroatoms. The molecule has 0 aliphatic rings. The van der Waals surface area contributed by atoms with Crippen molar-refractivity contribution < 1.29 is 13.2 Å². The molecular formula is C13H20N2O3S. The van der Waals surface area contributed by atoms with E-state index >= 15 is 0 Å². The first-order valence-corrected chi connectivity index (χ1v) is 7.84. The van der Waals surface area contributed by atoms with Gasteiger partial charge in [0.15, 0.2) is 9.84 Å². The lowest BCUT2D eigenvalue weighted by atomic mass is 10.2. The standard InChI is InChI=1S/C13H20N2O3S/c1-4-19(17,18)12-7-5-11(6-8-12)13(16)15-9-10(2)14-3/h5-8,10,14H,4,9H2,1-3H3,(H,15,16). The van der Waals surface area contributed by atoms with E-state index in [1.165, 1.54) is 24.3 Å². The summed E-state index contributed by atoms with van der Waals surface area (Å²) < 4.78 is 23.3. The maximum Gasteiger partial charge on any atom is 0.251 e. The molecule has 1 aromatic carbocycles. The van der Waals surface area contributed by atoms with Crippen LogP contribution < -0.4 is 10.6 Å². The molecule has 0 spiro atoms. The maximum absolute atomic E-state index is 11.8. The largest absolute Gasteiger partial charge is 0.350 e. The van der Waals surface area contributed by atoms with Gasteiger partial charge in [-0.05, 0) is 38.2 Å². The normalized spacial score (nSPS) is 13.0. The van der Waals surface area contributed by atoms with Crippen LogP contribution in [0.1, 0.15) is 24.2 Å². The van der Waals surface area contributed by atoms with Crippen LogP contribution in [0.25, 0.3) is 0 Å². The molecule has 0 aliphatic carbocycles. The van der Waals surface area contributed by atoms with Gasteiger partial charge < -0.3 is 10.6 Å². The van der Waals surface area contributed by atoms with Crippen molar-refractivity contribution in [3.05, 3.63) is 29.8 Å². The zero-order chi connectivity index (χ0) is 14.5. The first-order valence-electron chi connectivity index (χ1n) is 6.19. The number of sulfone groups is 1. The summed E-state index contributed by atoms with van der Waals surface area (Å²) in [5, 5.41) is 5.79. The van der Waals surface area contributed by atoms with E-state index in [0.29, 0.717) is 12.1 Å². The van der Waals surface area contributed by atoms with Gasteiger partial charge in [0.2, 0.25) is 0 Å². The molecular weight excluding hydrogens is 264 g/mol. The lowest BCUT2D eigenvalue weighted by Gasteiger charge is -2.11. The Morgan fingerprint density at radius 1 is 1.26 bits per heavy atom. The molecule has 1 unspecified atom stereocenters. The number of nitrogens with one attached hydrogen (secondary N) is 2. The molecule has 0 saturated heterocycles. The number of hydrogen-bond acceptors (Lipinski definition) is 4. The van der Waals surface area contributed by atoms with Crippen molar-refractivity contribution >= 4 is 15.7 Å².